The number of carboxylic acids is 1. The number of aliphatic carboxylic acids is 1. The second-order valence-electron chi connectivity index (χ2n) is 5.44. The van der Waals surface area contributed by atoms with E-state index >= 15 is 0 Å². The standard InChI is InChI=1S/C17H18F2N2O4S/c1-10-21-13(9-26-10)11-3-4-12(18)16(19)17(11)25-8-2-7-20-14(22)5-6-15(23)24/h3-4,9H,2,5-8H2,1H3,(H,20,22)(H,23,24). The van der Waals surface area contributed by atoms with Gasteiger partial charge in [0, 0.05) is 23.9 Å². The third kappa shape index (κ3) is 5.48. The van der Waals surface area contributed by atoms with Crippen molar-refractivity contribution in [2.24, 2.45) is 0 Å². The Morgan fingerprint density at radius 2 is 2.08 bits per heavy atom. The van der Waals surface area contributed by atoms with Crippen LogP contribution in [0.1, 0.15) is 24.3 Å². The smallest absolute Gasteiger partial charge is 0.303 e. The molecular formula is C17H18F2N2O4S. The summed E-state index contributed by atoms with van der Waals surface area (Å²) in [6, 6.07) is 2.44. The van der Waals surface area contributed by atoms with Crippen LogP contribution in [0.2, 0.25) is 0 Å². The summed E-state index contributed by atoms with van der Waals surface area (Å²) in [4.78, 5) is 26.0. The van der Waals surface area contributed by atoms with E-state index in [1.54, 1.807) is 5.38 Å². The number of nitrogens with zero attached hydrogens (tertiary/aromatic N) is 1. The molecule has 9 heteroatoms. The van der Waals surface area contributed by atoms with Crippen molar-refractivity contribution < 1.29 is 28.2 Å². The summed E-state index contributed by atoms with van der Waals surface area (Å²) in [7, 11) is 0. The number of thiazole rings is 1. The van der Waals surface area contributed by atoms with Crippen molar-refractivity contribution in [2.45, 2.75) is 26.2 Å². The Bertz CT molecular complexity index is 795. The summed E-state index contributed by atoms with van der Waals surface area (Å²) in [6.07, 6.45) is -0.000404. The normalized spacial score (nSPS) is 10.6. The molecule has 2 aromatic rings. The van der Waals surface area contributed by atoms with Gasteiger partial charge in [-0.1, -0.05) is 0 Å². The summed E-state index contributed by atoms with van der Waals surface area (Å²) in [5.74, 6) is -3.75. The highest BCUT2D eigenvalue weighted by molar-refractivity contribution is 7.09. The van der Waals surface area contributed by atoms with Crippen LogP contribution in [0.25, 0.3) is 11.3 Å². The van der Waals surface area contributed by atoms with Crippen LogP contribution in [0.15, 0.2) is 17.5 Å². The first-order chi connectivity index (χ1) is 12.4. The van der Waals surface area contributed by atoms with Gasteiger partial charge >= 0.3 is 5.97 Å². The van der Waals surface area contributed by atoms with Crippen LogP contribution in [0.4, 0.5) is 8.78 Å². The summed E-state index contributed by atoms with van der Waals surface area (Å²) in [6.45, 7) is 2.10. The van der Waals surface area contributed by atoms with Crippen molar-refractivity contribution in [3.05, 3.63) is 34.2 Å². The zero-order chi connectivity index (χ0) is 19.1. The molecule has 0 spiro atoms. The highest BCUT2D eigenvalue weighted by Crippen LogP contribution is 2.34. The lowest BCUT2D eigenvalue weighted by molar-refractivity contribution is -0.138. The van der Waals surface area contributed by atoms with Crippen molar-refractivity contribution in [2.75, 3.05) is 13.2 Å². The first kappa shape index (κ1) is 19.8. The van der Waals surface area contributed by atoms with E-state index in [0.29, 0.717) is 17.7 Å². The Morgan fingerprint density at radius 1 is 1.31 bits per heavy atom. The maximum Gasteiger partial charge on any atom is 0.303 e. The number of halogens is 2. The molecule has 0 fully saturated rings. The fourth-order valence-corrected chi connectivity index (χ4v) is 2.76. The molecule has 0 atom stereocenters. The summed E-state index contributed by atoms with van der Waals surface area (Å²) in [5.41, 5.74) is 0.863. The number of hydrogen-bond donors (Lipinski definition) is 2. The van der Waals surface area contributed by atoms with Gasteiger partial charge in [-0.2, -0.15) is 4.39 Å². The van der Waals surface area contributed by atoms with Gasteiger partial charge in [0.1, 0.15) is 0 Å². The summed E-state index contributed by atoms with van der Waals surface area (Å²) in [5, 5.41) is 13.6. The van der Waals surface area contributed by atoms with Crippen molar-refractivity contribution in [1.29, 1.82) is 0 Å². The fourth-order valence-electron chi connectivity index (χ4n) is 2.15. The van der Waals surface area contributed by atoms with Crippen molar-refractivity contribution >= 4 is 23.2 Å². The van der Waals surface area contributed by atoms with Crippen molar-refractivity contribution in [3.63, 3.8) is 0 Å². The van der Waals surface area contributed by atoms with Crippen LogP contribution in [0.3, 0.4) is 0 Å². The van der Waals surface area contributed by atoms with Gasteiger partial charge in [-0.25, -0.2) is 9.37 Å². The number of ether oxygens (including phenoxy) is 1. The molecule has 0 unspecified atom stereocenters. The van der Waals surface area contributed by atoms with E-state index in [4.69, 9.17) is 9.84 Å². The molecule has 0 saturated heterocycles. The molecule has 1 aromatic heterocycles. The molecule has 0 bridgehead atoms. The van der Waals surface area contributed by atoms with Gasteiger partial charge in [0.05, 0.1) is 23.7 Å². The second-order valence-corrected chi connectivity index (χ2v) is 6.50. The topological polar surface area (TPSA) is 88.5 Å². The molecule has 2 N–H and O–H groups in total. The van der Waals surface area contributed by atoms with E-state index in [-0.39, 0.29) is 37.6 Å². The molecule has 0 saturated carbocycles. The van der Waals surface area contributed by atoms with E-state index in [1.165, 1.54) is 17.4 Å². The number of benzene rings is 1. The Balaban J connectivity index is 1.92. The minimum absolute atomic E-state index is 0.0513. The highest BCUT2D eigenvalue weighted by atomic mass is 32.1. The van der Waals surface area contributed by atoms with Crippen LogP contribution in [-0.2, 0) is 9.59 Å². The van der Waals surface area contributed by atoms with E-state index in [1.807, 2.05) is 6.92 Å². The van der Waals surface area contributed by atoms with Gasteiger partial charge < -0.3 is 15.2 Å². The molecule has 0 aliphatic heterocycles. The monoisotopic (exact) mass is 384 g/mol. The van der Waals surface area contributed by atoms with Gasteiger partial charge in [-0.15, -0.1) is 11.3 Å². The number of aryl methyl sites for hydroxylation is 1. The zero-order valence-electron chi connectivity index (χ0n) is 14.1. The highest BCUT2D eigenvalue weighted by Gasteiger charge is 2.18. The Labute approximate surface area is 152 Å². The predicted molar refractivity (Wildman–Crippen MR) is 92.2 cm³/mol. The van der Waals surface area contributed by atoms with Gasteiger partial charge in [0.25, 0.3) is 0 Å². The number of nitrogens with one attached hydrogen (secondary N) is 1. The lowest BCUT2D eigenvalue weighted by Gasteiger charge is -2.12. The number of rotatable bonds is 9. The molecule has 1 amide bonds. The molecule has 2 rings (SSSR count). The first-order valence-corrected chi connectivity index (χ1v) is 8.78. The van der Waals surface area contributed by atoms with Crippen LogP contribution in [-0.4, -0.2) is 35.1 Å². The average Bonchev–Trinajstić information content (AvgIpc) is 3.02. The summed E-state index contributed by atoms with van der Waals surface area (Å²) >= 11 is 1.39. The minimum Gasteiger partial charge on any atom is -0.490 e. The van der Waals surface area contributed by atoms with E-state index in [2.05, 4.69) is 10.3 Å². The number of amides is 1. The zero-order valence-corrected chi connectivity index (χ0v) is 14.9. The summed E-state index contributed by atoms with van der Waals surface area (Å²) < 4.78 is 33.0. The Morgan fingerprint density at radius 3 is 2.73 bits per heavy atom. The number of carboxylic acid groups (broad SMARTS) is 1. The maximum absolute atomic E-state index is 14.1. The quantitative estimate of drug-likeness (QED) is 0.649. The molecule has 26 heavy (non-hydrogen) atoms. The van der Waals surface area contributed by atoms with Gasteiger partial charge in [0.15, 0.2) is 11.6 Å². The van der Waals surface area contributed by atoms with Crippen molar-refractivity contribution in [1.82, 2.24) is 10.3 Å². The third-order valence-electron chi connectivity index (χ3n) is 3.40. The largest absolute Gasteiger partial charge is 0.490 e. The molecular weight excluding hydrogens is 366 g/mol. The van der Waals surface area contributed by atoms with Crippen molar-refractivity contribution in [3.8, 4) is 17.0 Å². The van der Waals surface area contributed by atoms with Gasteiger partial charge in [-0.3, -0.25) is 9.59 Å². The predicted octanol–water partition coefficient (Wildman–Crippen LogP) is 3.15. The van der Waals surface area contributed by atoms with Gasteiger partial charge in [-0.05, 0) is 25.5 Å². The molecule has 1 aromatic carbocycles. The Kier molecular flexibility index (Phi) is 7.02. The molecule has 0 aliphatic rings. The van der Waals surface area contributed by atoms with E-state index < -0.39 is 17.6 Å². The maximum atomic E-state index is 14.1. The van der Waals surface area contributed by atoms with E-state index in [9.17, 15) is 18.4 Å². The van der Waals surface area contributed by atoms with Crippen LogP contribution in [0.5, 0.6) is 5.75 Å². The lowest BCUT2D eigenvalue weighted by atomic mass is 10.1. The third-order valence-corrected chi connectivity index (χ3v) is 4.17. The lowest BCUT2D eigenvalue weighted by Crippen LogP contribution is -2.26. The average molecular weight is 384 g/mol. The number of aromatic nitrogens is 1. The number of hydrogen-bond acceptors (Lipinski definition) is 5. The number of carbonyl (C=O) groups is 2. The van der Waals surface area contributed by atoms with Gasteiger partial charge in [0.2, 0.25) is 11.7 Å². The molecule has 0 aliphatic carbocycles. The minimum atomic E-state index is -1.08. The molecule has 0 radical (unpaired) electrons. The molecule has 1 heterocycles. The van der Waals surface area contributed by atoms with Crippen LogP contribution >= 0.6 is 11.3 Å². The SMILES string of the molecule is Cc1nc(-c2ccc(F)c(F)c2OCCCNC(=O)CCC(=O)O)cs1. The number of carbonyl (C=O) groups excluding carboxylic acids is 1. The first-order valence-electron chi connectivity index (χ1n) is 7.90. The van der Waals surface area contributed by atoms with Crippen LogP contribution in [0, 0.1) is 18.6 Å². The fraction of sp³-hybridized carbons (Fsp3) is 0.353. The molecule has 6 nitrogen and oxygen atoms in total. The van der Waals surface area contributed by atoms with E-state index in [0.717, 1.165) is 11.1 Å². The Hall–Kier alpha value is -2.55. The molecule has 140 valence electrons. The van der Waals surface area contributed by atoms with Crippen LogP contribution < -0.4 is 10.1 Å². The second kappa shape index (κ2) is 9.23.